The van der Waals surface area contributed by atoms with Crippen molar-refractivity contribution in [2.24, 2.45) is 11.0 Å². The van der Waals surface area contributed by atoms with Gasteiger partial charge < -0.3 is 4.90 Å². The topological polar surface area (TPSA) is 61.8 Å². The minimum atomic E-state index is -0.386. The lowest BCUT2D eigenvalue weighted by atomic mass is 10.1. The normalized spacial score (nSPS) is 17.7. The fourth-order valence-electron chi connectivity index (χ4n) is 2.52. The number of nitrogens with one attached hydrogen (secondary N) is 1. The third-order valence-corrected chi connectivity index (χ3v) is 5.37. The largest absolute Gasteiger partial charge is 0.312 e. The third kappa shape index (κ3) is 3.73. The molecule has 0 spiro atoms. The first-order valence-electron chi connectivity index (χ1n) is 7.47. The Labute approximate surface area is 152 Å². The summed E-state index contributed by atoms with van der Waals surface area (Å²) in [6.45, 7) is 2.37. The predicted molar refractivity (Wildman–Crippen MR) is 99.4 cm³/mol. The Kier molecular flexibility index (Phi) is 5.11. The van der Waals surface area contributed by atoms with Crippen molar-refractivity contribution in [1.29, 1.82) is 0 Å². The van der Waals surface area contributed by atoms with E-state index < -0.39 is 0 Å². The van der Waals surface area contributed by atoms with Crippen LogP contribution in [0.4, 0.5) is 5.69 Å². The molecular weight excluding hydrogens is 390 g/mol. The fourth-order valence-corrected chi connectivity index (χ4v) is 3.57. The van der Waals surface area contributed by atoms with Gasteiger partial charge in [-0.15, -0.1) is 11.3 Å². The van der Waals surface area contributed by atoms with Gasteiger partial charge in [0.1, 0.15) is 0 Å². The smallest absolute Gasteiger partial charge is 0.245 e. The van der Waals surface area contributed by atoms with Gasteiger partial charge in [0.25, 0.3) is 0 Å². The van der Waals surface area contributed by atoms with E-state index in [9.17, 15) is 9.59 Å². The molecule has 24 heavy (non-hydrogen) atoms. The Morgan fingerprint density at radius 1 is 1.38 bits per heavy atom. The summed E-state index contributed by atoms with van der Waals surface area (Å²) in [4.78, 5) is 27.1. The first kappa shape index (κ1) is 16.9. The molecule has 0 aliphatic carbocycles. The summed E-state index contributed by atoms with van der Waals surface area (Å²) in [5.41, 5.74) is 4.47. The number of carbonyl (C=O) groups excluding carboxylic acids is 2. The summed E-state index contributed by atoms with van der Waals surface area (Å²) < 4.78 is 0.949. The van der Waals surface area contributed by atoms with Crippen molar-refractivity contribution in [3.8, 4) is 0 Å². The van der Waals surface area contributed by atoms with Gasteiger partial charge in [-0.2, -0.15) is 5.10 Å². The summed E-state index contributed by atoms with van der Waals surface area (Å²) in [7, 11) is 0. The molecule has 2 heterocycles. The number of amides is 2. The van der Waals surface area contributed by atoms with Crippen LogP contribution in [0.15, 0.2) is 45.3 Å². The van der Waals surface area contributed by atoms with E-state index in [0.717, 1.165) is 20.6 Å². The zero-order chi connectivity index (χ0) is 17.1. The molecule has 1 aromatic carbocycles. The van der Waals surface area contributed by atoms with Gasteiger partial charge in [-0.1, -0.05) is 15.9 Å². The van der Waals surface area contributed by atoms with Gasteiger partial charge >= 0.3 is 0 Å². The van der Waals surface area contributed by atoms with Crippen LogP contribution in [0.3, 0.4) is 0 Å². The van der Waals surface area contributed by atoms with Crippen LogP contribution in [0.2, 0.25) is 0 Å². The SMILES string of the molecule is Cc1ccsc1C=NNC(=O)[C@@H]1CC(=O)N(c2ccc(Br)cc2)C1. The monoisotopic (exact) mass is 405 g/mol. The second-order valence-corrected chi connectivity index (χ2v) is 7.45. The molecule has 1 fully saturated rings. The zero-order valence-electron chi connectivity index (χ0n) is 13.0. The second kappa shape index (κ2) is 7.27. The van der Waals surface area contributed by atoms with Crippen LogP contribution < -0.4 is 10.3 Å². The minimum Gasteiger partial charge on any atom is -0.312 e. The van der Waals surface area contributed by atoms with Crippen LogP contribution in [-0.4, -0.2) is 24.6 Å². The average Bonchev–Trinajstić information content (AvgIpc) is 3.14. The van der Waals surface area contributed by atoms with Crippen molar-refractivity contribution < 1.29 is 9.59 Å². The van der Waals surface area contributed by atoms with Crippen molar-refractivity contribution in [1.82, 2.24) is 5.43 Å². The van der Waals surface area contributed by atoms with Crippen molar-refractivity contribution >= 4 is 51.0 Å². The summed E-state index contributed by atoms with van der Waals surface area (Å²) >= 11 is 4.94. The van der Waals surface area contributed by atoms with E-state index in [2.05, 4.69) is 26.5 Å². The Morgan fingerprint density at radius 3 is 2.79 bits per heavy atom. The molecule has 1 atom stereocenters. The van der Waals surface area contributed by atoms with Crippen molar-refractivity contribution in [3.05, 3.63) is 50.6 Å². The summed E-state index contributed by atoms with van der Waals surface area (Å²) in [6, 6.07) is 9.48. The highest BCUT2D eigenvalue weighted by atomic mass is 79.9. The molecule has 2 aromatic rings. The number of benzene rings is 1. The van der Waals surface area contributed by atoms with Crippen LogP contribution in [0.1, 0.15) is 16.9 Å². The molecule has 7 heteroatoms. The van der Waals surface area contributed by atoms with Crippen LogP contribution in [0.25, 0.3) is 0 Å². The van der Waals surface area contributed by atoms with Gasteiger partial charge in [0, 0.05) is 28.0 Å². The van der Waals surface area contributed by atoms with E-state index in [4.69, 9.17) is 0 Å². The van der Waals surface area contributed by atoms with E-state index in [1.807, 2.05) is 42.6 Å². The first-order valence-corrected chi connectivity index (χ1v) is 9.15. The maximum atomic E-state index is 12.2. The van der Waals surface area contributed by atoms with Gasteiger partial charge in [-0.05, 0) is 48.2 Å². The molecule has 0 radical (unpaired) electrons. The van der Waals surface area contributed by atoms with Crippen LogP contribution in [0, 0.1) is 12.8 Å². The number of thiophene rings is 1. The Morgan fingerprint density at radius 2 is 2.12 bits per heavy atom. The quantitative estimate of drug-likeness (QED) is 0.626. The van der Waals surface area contributed by atoms with E-state index >= 15 is 0 Å². The molecule has 1 aromatic heterocycles. The molecule has 1 N–H and O–H groups in total. The molecule has 124 valence electrons. The number of rotatable bonds is 4. The lowest BCUT2D eigenvalue weighted by molar-refractivity contribution is -0.126. The number of anilines is 1. The molecule has 1 aliphatic heterocycles. The molecule has 0 unspecified atom stereocenters. The minimum absolute atomic E-state index is 0.0458. The number of carbonyl (C=O) groups is 2. The number of hydrogen-bond acceptors (Lipinski definition) is 4. The highest BCUT2D eigenvalue weighted by molar-refractivity contribution is 9.10. The highest BCUT2D eigenvalue weighted by Gasteiger charge is 2.35. The molecular formula is C17H16BrN3O2S. The number of nitrogens with zero attached hydrogens (tertiary/aromatic N) is 2. The lowest BCUT2D eigenvalue weighted by Crippen LogP contribution is -2.30. The van der Waals surface area contributed by atoms with Crippen LogP contribution in [0.5, 0.6) is 0 Å². The van der Waals surface area contributed by atoms with Gasteiger partial charge in [0.15, 0.2) is 0 Å². The fraction of sp³-hybridized carbons (Fsp3) is 0.235. The standard InChI is InChI=1S/C17H16BrN3O2S/c1-11-6-7-24-15(11)9-19-20-17(23)12-8-16(22)21(10-12)14-4-2-13(18)3-5-14/h2-7,9,12H,8,10H2,1H3,(H,20,23)/t12-/m1/s1. The van der Waals surface area contributed by atoms with Crippen LogP contribution in [-0.2, 0) is 9.59 Å². The van der Waals surface area contributed by atoms with Crippen molar-refractivity contribution in [3.63, 3.8) is 0 Å². The van der Waals surface area contributed by atoms with Crippen molar-refractivity contribution in [2.75, 3.05) is 11.4 Å². The highest BCUT2D eigenvalue weighted by Crippen LogP contribution is 2.26. The molecule has 0 bridgehead atoms. The maximum absolute atomic E-state index is 12.2. The zero-order valence-corrected chi connectivity index (χ0v) is 15.4. The second-order valence-electron chi connectivity index (χ2n) is 5.58. The Hall–Kier alpha value is -1.99. The van der Waals surface area contributed by atoms with E-state index in [0.29, 0.717) is 6.54 Å². The number of hydrogen-bond donors (Lipinski definition) is 1. The number of hydrazone groups is 1. The molecule has 2 amide bonds. The lowest BCUT2D eigenvalue weighted by Gasteiger charge is -2.16. The van der Waals surface area contributed by atoms with Crippen molar-refractivity contribution in [2.45, 2.75) is 13.3 Å². The molecule has 3 rings (SSSR count). The summed E-state index contributed by atoms with van der Waals surface area (Å²) in [5, 5.41) is 5.98. The average molecular weight is 406 g/mol. The summed E-state index contributed by atoms with van der Waals surface area (Å²) in [6.07, 6.45) is 1.84. The predicted octanol–water partition coefficient (Wildman–Crippen LogP) is 3.32. The van der Waals surface area contributed by atoms with E-state index in [-0.39, 0.29) is 24.2 Å². The van der Waals surface area contributed by atoms with E-state index in [1.165, 1.54) is 0 Å². The number of halogens is 1. The van der Waals surface area contributed by atoms with Gasteiger partial charge in [0.2, 0.25) is 11.8 Å². The van der Waals surface area contributed by atoms with Gasteiger partial charge in [-0.25, -0.2) is 5.43 Å². The molecule has 5 nitrogen and oxygen atoms in total. The van der Waals surface area contributed by atoms with Gasteiger partial charge in [0.05, 0.1) is 12.1 Å². The first-order chi connectivity index (χ1) is 11.5. The van der Waals surface area contributed by atoms with Crippen LogP contribution >= 0.6 is 27.3 Å². The Balaban J connectivity index is 1.60. The molecule has 0 saturated carbocycles. The maximum Gasteiger partial charge on any atom is 0.245 e. The molecule has 1 aliphatic rings. The molecule has 1 saturated heterocycles. The van der Waals surface area contributed by atoms with Gasteiger partial charge in [-0.3, -0.25) is 9.59 Å². The summed E-state index contributed by atoms with van der Waals surface area (Å²) in [5.74, 6) is -0.660. The van der Waals surface area contributed by atoms with E-state index in [1.54, 1.807) is 22.5 Å². The number of aryl methyl sites for hydroxylation is 1. The Bertz CT molecular complexity index is 785. The third-order valence-electron chi connectivity index (χ3n) is 3.89.